The first-order chi connectivity index (χ1) is 6.70. The normalized spacial score (nSPS) is 33.5. The van der Waals surface area contributed by atoms with Crippen molar-refractivity contribution in [1.82, 2.24) is 0 Å². The van der Waals surface area contributed by atoms with Gasteiger partial charge < -0.3 is 10.5 Å². The lowest BCUT2D eigenvalue weighted by atomic mass is 9.86. The molecule has 2 atom stereocenters. The van der Waals surface area contributed by atoms with Crippen molar-refractivity contribution in [3.63, 3.8) is 0 Å². The fourth-order valence-electron chi connectivity index (χ4n) is 2.29. The topological polar surface area (TPSA) is 35.2 Å². The number of rotatable bonds is 1. The lowest BCUT2D eigenvalue weighted by molar-refractivity contribution is 0.138. The summed E-state index contributed by atoms with van der Waals surface area (Å²) in [5.74, 6) is 0. The smallest absolute Gasteiger partial charge is 0.0825 e. The third kappa shape index (κ3) is 1.64. The predicted octanol–water partition coefficient (Wildman–Crippen LogP) is 2.16. The third-order valence-electron chi connectivity index (χ3n) is 3.45. The molecule has 0 aromatic rings. The van der Waals surface area contributed by atoms with E-state index in [2.05, 4.69) is 19.9 Å². The van der Waals surface area contributed by atoms with Crippen LogP contribution in [0.15, 0.2) is 22.8 Å². The first-order valence-electron chi connectivity index (χ1n) is 5.45. The maximum absolute atomic E-state index is 5.99. The Hall–Kier alpha value is -0.600. The zero-order valence-corrected chi connectivity index (χ0v) is 9.05. The second kappa shape index (κ2) is 3.87. The van der Waals surface area contributed by atoms with E-state index in [1.807, 2.05) is 0 Å². The highest BCUT2D eigenvalue weighted by molar-refractivity contribution is 5.41. The van der Waals surface area contributed by atoms with Crippen molar-refractivity contribution in [2.75, 3.05) is 6.61 Å². The second-order valence-electron chi connectivity index (χ2n) is 4.31. The van der Waals surface area contributed by atoms with E-state index in [9.17, 15) is 0 Å². The minimum atomic E-state index is 0.222. The van der Waals surface area contributed by atoms with Gasteiger partial charge in [0.15, 0.2) is 0 Å². The number of nitrogens with two attached hydrogens (primary N) is 1. The van der Waals surface area contributed by atoms with Crippen LogP contribution in [0.3, 0.4) is 0 Å². The lowest BCUT2D eigenvalue weighted by Crippen LogP contribution is -2.26. The fraction of sp³-hybridized carbons (Fsp3) is 0.667. The van der Waals surface area contributed by atoms with E-state index in [1.54, 1.807) is 0 Å². The standard InChI is InChI=1S/C12H19NO/c1-8-9(2)11(13)6-5-10(8)12-4-3-7-14-12/h5,11-12H,3-4,6-7,13H2,1-2H3. The monoisotopic (exact) mass is 193 g/mol. The molecule has 1 fully saturated rings. The molecule has 0 radical (unpaired) electrons. The van der Waals surface area contributed by atoms with Gasteiger partial charge in [0.25, 0.3) is 0 Å². The quantitative estimate of drug-likeness (QED) is 0.692. The summed E-state index contributed by atoms with van der Waals surface area (Å²) in [5.41, 5.74) is 10.1. The maximum Gasteiger partial charge on any atom is 0.0825 e. The van der Waals surface area contributed by atoms with E-state index in [-0.39, 0.29) is 6.04 Å². The summed E-state index contributed by atoms with van der Waals surface area (Å²) >= 11 is 0. The van der Waals surface area contributed by atoms with Crippen molar-refractivity contribution < 1.29 is 4.74 Å². The Labute approximate surface area is 85.8 Å². The van der Waals surface area contributed by atoms with Crippen LogP contribution in [-0.2, 0) is 4.74 Å². The molecule has 0 aromatic carbocycles. The van der Waals surface area contributed by atoms with Gasteiger partial charge >= 0.3 is 0 Å². The number of hydrogen-bond acceptors (Lipinski definition) is 2. The Morgan fingerprint density at radius 2 is 2.21 bits per heavy atom. The van der Waals surface area contributed by atoms with E-state index >= 15 is 0 Å². The maximum atomic E-state index is 5.99. The molecule has 14 heavy (non-hydrogen) atoms. The zero-order chi connectivity index (χ0) is 10.1. The molecular weight excluding hydrogens is 174 g/mol. The van der Waals surface area contributed by atoms with Gasteiger partial charge in [-0.1, -0.05) is 11.6 Å². The summed E-state index contributed by atoms with van der Waals surface area (Å²) in [5, 5.41) is 0. The molecular formula is C12H19NO. The Morgan fingerprint density at radius 3 is 2.86 bits per heavy atom. The van der Waals surface area contributed by atoms with Gasteiger partial charge in [-0.25, -0.2) is 0 Å². The predicted molar refractivity (Wildman–Crippen MR) is 58.0 cm³/mol. The molecule has 1 aliphatic heterocycles. The van der Waals surface area contributed by atoms with Crippen molar-refractivity contribution in [3.05, 3.63) is 22.8 Å². The van der Waals surface area contributed by atoms with Crippen LogP contribution in [0.25, 0.3) is 0 Å². The Morgan fingerprint density at radius 1 is 1.43 bits per heavy atom. The van der Waals surface area contributed by atoms with E-state index in [1.165, 1.54) is 29.6 Å². The molecule has 0 bridgehead atoms. The van der Waals surface area contributed by atoms with Gasteiger partial charge in [-0.2, -0.15) is 0 Å². The van der Waals surface area contributed by atoms with Crippen LogP contribution in [0, 0.1) is 0 Å². The molecule has 2 heteroatoms. The minimum absolute atomic E-state index is 0.222. The van der Waals surface area contributed by atoms with Gasteiger partial charge in [0.1, 0.15) is 0 Å². The molecule has 2 rings (SSSR count). The summed E-state index contributed by atoms with van der Waals surface area (Å²) in [6.45, 7) is 5.23. The van der Waals surface area contributed by atoms with Crippen molar-refractivity contribution in [3.8, 4) is 0 Å². The highest BCUT2D eigenvalue weighted by atomic mass is 16.5. The van der Waals surface area contributed by atoms with Crippen LogP contribution >= 0.6 is 0 Å². The van der Waals surface area contributed by atoms with Crippen LogP contribution in [0.4, 0.5) is 0 Å². The van der Waals surface area contributed by atoms with Gasteiger partial charge in [0.05, 0.1) is 6.10 Å². The van der Waals surface area contributed by atoms with Crippen molar-refractivity contribution in [2.24, 2.45) is 5.73 Å². The van der Waals surface area contributed by atoms with Crippen molar-refractivity contribution in [1.29, 1.82) is 0 Å². The zero-order valence-electron chi connectivity index (χ0n) is 9.05. The molecule has 2 aliphatic rings. The molecule has 0 aromatic heterocycles. The molecule has 78 valence electrons. The highest BCUT2D eigenvalue weighted by Gasteiger charge is 2.25. The van der Waals surface area contributed by atoms with Gasteiger partial charge in [0, 0.05) is 12.6 Å². The van der Waals surface area contributed by atoms with Gasteiger partial charge in [-0.05, 0) is 44.3 Å². The van der Waals surface area contributed by atoms with Crippen LogP contribution in [0.2, 0.25) is 0 Å². The van der Waals surface area contributed by atoms with E-state index in [4.69, 9.17) is 10.5 Å². The minimum Gasteiger partial charge on any atom is -0.374 e. The Bertz CT molecular complexity index is 285. The average molecular weight is 193 g/mol. The summed E-state index contributed by atoms with van der Waals surface area (Å²) in [6, 6.07) is 0.222. The highest BCUT2D eigenvalue weighted by Crippen LogP contribution is 2.31. The summed E-state index contributed by atoms with van der Waals surface area (Å²) in [7, 11) is 0. The van der Waals surface area contributed by atoms with Crippen LogP contribution < -0.4 is 5.73 Å². The molecule has 0 saturated carbocycles. The molecule has 0 amide bonds. The Balaban J connectivity index is 2.20. The second-order valence-corrected chi connectivity index (χ2v) is 4.31. The SMILES string of the molecule is CC1=C(C)C(N)CC=C1C1CCCO1. The van der Waals surface area contributed by atoms with Crippen LogP contribution in [0.5, 0.6) is 0 Å². The first kappa shape index (κ1) is 9.94. The fourth-order valence-corrected chi connectivity index (χ4v) is 2.29. The number of hydrogen-bond donors (Lipinski definition) is 1. The third-order valence-corrected chi connectivity index (χ3v) is 3.45. The first-order valence-corrected chi connectivity index (χ1v) is 5.45. The molecule has 2 N–H and O–H groups in total. The van der Waals surface area contributed by atoms with Crippen LogP contribution in [0.1, 0.15) is 33.1 Å². The van der Waals surface area contributed by atoms with E-state index in [0.29, 0.717) is 6.10 Å². The van der Waals surface area contributed by atoms with Crippen molar-refractivity contribution >= 4 is 0 Å². The largest absolute Gasteiger partial charge is 0.374 e. The van der Waals surface area contributed by atoms with Crippen molar-refractivity contribution in [2.45, 2.75) is 45.3 Å². The molecule has 1 heterocycles. The number of ether oxygens (including phenoxy) is 1. The molecule has 2 unspecified atom stereocenters. The van der Waals surface area contributed by atoms with E-state index in [0.717, 1.165) is 13.0 Å². The average Bonchev–Trinajstić information content (AvgIpc) is 2.67. The summed E-state index contributed by atoms with van der Waals surface area (Å²) < 4.78 is 5.70. The Kier molecular flexibility index (Phi) is 2.75. The van der Waals surface area contributed by atoms with Crippen LogP contribution in [-0.4, -0.2) is 18.8 Å². The van der Waals surface area contributed by atoms with Gasteiger partial charge in [0.2, 0.25) is 0 Å². The van der Waals surface area contributed by atoms with Gasteiger partial charge in [-0.15, -0.1) is 0 Å². The molecule has 1 saturated heterocycles. The summed E-state index contributed by atoms with van der Waals surface area (Å²) in [6.07, 6.45) is 5.95. The van der Waals surface area contributed by atoms with E-state index < -0.39 is 0 Å². The molecule has 2 nitrogen and oxygen atoms in total. The molecule has 0 spiro atoms. The lowest BCUT2D eigenvalue weighted by Gasteiger charge is -2.25. The van der Waals surface area contributed by atoms with Gasteiger partial charge in [-0.3, -0.25) is 0 Å². The molecule has 1 aliphatic carbocycles. The summed E-state index contributed by atoms with van der Waals surface area (Å²) in [4.78, 5) is 0.